The van der Waals surface area contributed by atoms with Crippen LogP contribution in [0.4, 0.5) is 0 Å². The normalized spacial score (nSPS) is 42.8. The molecule has 0 heterocycles. The lowest BCUT2D eigenvalue weighted by Gasteiger charge is -2.59. The number of rotatable bonds is 5. The van der Waals surface area contributed by atoms with Gasteiger partial charge in [-0.15, -0.1) is 0 Å². The standard InChI is InChI=1S/C25H38N2O5/c1-15(22(29)30)26-21(28)14-32-27-17-7-10-23(2)16(13-17)5-6-18-19(23)8-11-24(3)20(18)9-12-25(24,4)31/h13,15,18-20,31H,5-12,14H2,1-4H3,(H,26,28)(H,29,30)/t15?,18-,19+,20+,23+,24+,25+/m1/s1. The Bertz CT molecular complexity index is 849. The first-order chi connectivity index (χ1) is 15.0. The van der Waals surface area contributed by atoms with Gasteiger partial charge in [0.05, 0.1) is 11.3 Å². The molecule has 0 radical (unpaired) electrons. The Hall–Kier alpha value is -1.89. The number of nitrogens with zero attached hydrogens (tertiary/aromatic N) is 1. The molecule has 3 N–H and O–H groups in total. The van der Waals surface area contributed by atoms with Crippen molar-refractivity contribution in [2.24, 2.45) is 33.7 Å². The summed E-state index contributed by atoms with van der Waals surface area (Å²) < 4.78 is 0. The highest BCUT2D eigenvalue weighted by atomic mass is 16.6. The van der Waals surface area contributed by atoms with Crippen LogP contribution in [0.2, 0.25) is 0 Å². The zero-order chi connectivity index (χ0) is 23.3. The molecule has 0 spiro atoms. The van der Waals surface area contributed by atoms with Gasteiger partial charge in [0.15, 0.2) is 6.61 Å². The molecule has 0 saturated heterocycles. The number of hydrogen-bond donors (Lipinski definition) is 3. The highest BCUT2D eigenvalue weighted by Crippen LogP contribution is 2.67. The Morgan fingerprint density at radius 3 is 2.59 bits per heavy atom. The van der Waals surface area contributed by atoms with E-state index in [0.717, 1.165) is 44.2 Å². The van der Waals surface area contributed by atoms with Crippen LogP contribution in [-0.2, 0) is 14.4 Å². The lowest BCUT2D eigenvalue weighted by Crippen LogP contribution is -2.53. The second-order valence-corrected chi connectivity index (χ2v) is 11.3. The first-order valence-electron chi connectivity index (χ1n) is 12.1. The van der Waals surface area contributed by atoms with Gasteiger partial charge in [0.1, 0.15) is 6.04 Å². The average Bonchev–Trinajstić information content (AvgIpc) is 2.97. The van der Waals surface area contributed by atoms with E-state index >= 15 is 0 Å². The second kappa shape index (κ2) is 8.15. The van der Waals surface area contributed by atoms with Gasteiger partial charge in [0, 0.05) is 0 Å². The third kappa shape index (κ3) is 3.76. The third-order valence-corrected chi connectivity index (χ3v) is 9.66. The van der Waals surface area contributed by atoms with Gasteiger partial charge < -0.3 is 20.4 Å². The van der Waals surface area contributed by atoms with Crippen LogP contribution in [0.15, 0.2) is 16.8 Å². The number of amides is 1. The van der Waals surface area contributed by atoms with Crippen LogP contribution in [0, 0.1) is 28.6 Å². The number of carboxylic acid groups (broad SMARTS) is 1. The lowest BCUT2D eigenvalue weighted by atomic mass is 9.46. The molecule has 3 saturated carbocycles. The molecule has 3 fully saturated rings. The van der Waals surface area contributed by atoms with Crippen molar-refractivity contribution < 1.29 is 24.6 Å². The fourth-order valence-electron chi connectivity index (χ4n) is 7.41. The molecular formula is C25H38N2O5. The number of hydrogen-bond acceptors (Lipinski definition) is 5. The molecule has 7 nitrogen and oxygen atoms in total. The molecule has 7 heteroatoms. The number of carboxylic acids is 1. The van der Waals surface area contributed by atoms with Crippen molar-refractivity contribution in [1.29, 1.82) is 0 Å². The van der Waals surface area contributed by atoms with Crippen LogP contribution in [0.25, 0.3) is 0 Å². The summed E-state index contributed by atoms with van der Waals surface area (Å²) in [6, 6.07) is -0.952. The predicted octanol–water partition coefficient (Wildman–Crippen LogP) is 3.66. The van der Waals surface area contributed by atoms with Gasteiger partial charge in [0.2, 0.25) is 0 Å². The van der Waals surface area contributed by atoms with Gasteiger partial charge >= 0.3 is 5.97 Å². The van der Waals surface area contributed by atoms with E-state index < -0.39 is 23.5 Å². The van der Waals surface area contributed by atoms with Gasteiger partial charge in [-0.2, -0.15) is 0 Å². The monoisotopic (exact) mass is 446 g/mol. The van der Waals surface area contributed by atoms with Gasteiger partial charge in [-0.05, 0) is 99.9 Å². The van der Waals surface area contributed by atoms with Crippen molar-refractivity contribution in [1.82, 2.24) is 5.32 Å². The Morgan fingerprint density at radius 2 is 1.88 bits per heavy atom. The van der Waals surface area contributed by atoms with Gasteiger partial charge in [-0.3, -0.25) is 9.59 Å². The number of aliphatic carboxylic acids is 1. The molecule has 4 rings (SSSR count). The summed E-state index contributed by atoms with van der Waals surface area (Å²) in [6.07, 6.45) is 10.6. The summed E-state index contributed by atoms with van der Waals surface area (Å²) in [5.41, 5.74) is 1.98. The number of oxime groups is 1. The average molecular weight is 447 g/mol. The topological polar surface area (TPSA) is 108 Å². The van der Waals surface area contributed by atoms with Crippen LogP contribution in [-0.4, -0.2) is 46.1 Å². The Balaban J connectivity index is 1.42. The molecule has 0 aromatic heterocycles. The largest absolute Gasteiger partial charge is 0.480 e. The Labute approximate surface area is 190 Å². The zero-order valence-corrected chi connectivity index (χ0v) is 19.8. The van der Waals surface area contributed by atoms with E-state index in [9.17, 15) is 14.7 Å². The minimum absolute atomic E-state index is 0.0412. The molecule has 4 aliphatic rings. The number of allylic oxidation sites excluding steroid dienone is 2. The quantitative estimate of drug-likeness (QED) is 0.559. The van der Waals surface area contributed by atoms with Crippen LogP contribution in [0.1, 0.15) is 79.1 Å². The third-order valence-electron chi connectivity index (χ3n) is 9.66. The first-order valence-corrected chi connectivity index (χ1v) is 12.1. The molecule has 32 heavy (non-hydrogen) atoms. The Kier molecular flexibility index (Phi) is 5.93. The van der Waals surface area contributed by atoms with Crippen LogP contribution < -0.4 is 5.32 Å². The van der Waals surface area contributed by atoms with Gasteiger partial charge in [-0.1, -0.05) is 24.6 Å². The molecule has 0 aromatic carbocycles. The number of fused-ring (bicyclic) bond motifs is 5. The SMILES string of the molecule is CC(NC(=O)CON=C1C=C2CC[C@@H]3[C@H](CC[C@@]4(C)[C@H]3CC[C@]4(C)O)[C@@]2(C)CC1)C(=O)O. The highest BCUT2D eigenvalue weighted by molar-refractivity contribution is 5.96. The van der Waals surface area contributed by atoms with Crippen molar-refractivity contribution in [2.45, 2.75) is 90.7 Å². The second-order valence-electron chi connectivity index (χ2n) is 11.3. The maximum atomic E-state index is 11.8. The fourth-order valence-corrected chi connectivity index (χ4v) is 7.41. The first kappa shape index (κ1) is 23.3. The summed E-state index contributed by atoms with van der Waals surface area (Å²) >= 11 is 0. The molecule has 0 aliphatic heterocycles. The molecule has 1 unspecified atom stereocenters. The molecule has 178 valence electrons. The van der Waals surface area contributed by atoms with E-state index in [1.54, 1.807) is 0 Å². The molecule has 0 bridgehead atoms. The van der Waals surface area contributed by atoms with E-state index in [0.29, 0.717) is 17.8 Å². The maximum absolute atomic E-state index is 11.8. The molecule has 0 aromatic rings. The van der Waals surface area contributed by atoms with Gasteiger partial charge in [-0.25, -0.2) is 0 Å². The van der Waals surface area contributed by atoms with E-state index in [2.05, 4.69) is 37.3 Å². The van der Waals surface area contributed by atoms with E-state index in [-0.39, 0.29) is 17.4 Å². The van der Waals surface area contributed by atoms with E-state index in [4.69, 9.17) is 9.94 Å². The molecule has 1 amide bonds. The number of aliphatic hydroxyl groups is 1. The minimum Gasteiger partial charge on any atom is -0.480 e. The highest BCUT2D eigenvalue weighted by Gasteiger charge is 2.62. The maximum Gasteiger partial charge on any atom is 0.325 e. The smallest absolute Gasteiger partial charge is 0.325 e. The lowest BCUT2D eigenvalue weighted by molar-refractivity contribution is -0.142. The summed E-state index contributed by atoms with van der Waals surface area (Å²) in [7, 11) is 0. The van der Waals surface area contributed by atoms with Crippen LogP contribution in [0.3, 0.4) is 0 Å². The molecule has 4 aliphatic carbocycles. The number of nitrogens with one attached hydrogen (secondary N) is 1. The van der Waals surface area contributed by atoms with Crippen molar-refractivity contribution in [3.63, 3.8) is 0 Å². The summed E-state index contributed by atoms with van der Waals surface area (Å²) in [5.74, 6) is 0.371. The van der Waals surface area contributed by atoms with Crippen molar-refractivity contribution in [3.8, 4) is 0 Å². The Morgan fingerprint density at radius 1 is 1.16 bits per heavy atom. The summed E-state index contributed by atoms with van der Waals surface area (Å²) in [4.78, 5) is 27.9. The summed E-state index contributed by atoms with van der Waals surface area (Å²) in [6.45, 7) is 7.92. The summed E-state index contributed by atoms with van der Waals surface area (Å²) in [5, 5.41) is 26.5. The van der Waals surface area contributed by atoms with Crippen LogP contribution in [0.5, 0.6) is 0 Å². The molecule has 7 atom stereocenters. The fraction of sp³-hybridized carbons (Fsp3) is 0.800. The van der Waals surface area contributed by atoms with Crippen molar-refractivity contribution >= 4 is 17.6 Å². The van der Waals surface area contributed by atoms with E-state index in [1.807, 2.05) is 0 Å². The van der Waals surface area contributed by atoms with Crippen molar-refractivity contribution in [3.05, 3.63) is 11.6 Å². The van der Waals surface area contributed by atoms with Crippen molar-refractivity contribution in [2.75, 3.05) is 6.61 Å². The number of carbonyl (C=O) groups excluding carboxylic acids is 1. The van der Waals surface area contributed by atoms with Gasteiger partial charge in [0.25, 0.3) is 5.91 Å². The zero-order valence-electron chi connectivity index (χ0n) is 19.8. The number of carbonyl (C=O) groups is 2. The minimum atomic E-state index is -1.08. The molecular weight excluding hydrogens is 408 g/mol. The predicted molar refractivity (Wildman–Crippen MR) is 121 cm³/mol. The van der Waals surface area contributed by atoms with Crippen LogP contribution >= 0.6 is 0 Å². The van der Waals surface area contributed by atoms with E-state index in [1.165, 1.54) is 25.3 Å².